The molecule has 0 saturated heterocycles. The quantitative estimate of drug-likeness (QED) is 0.345. The smallest absolute Gasteiger partial charge is 0.339 e. The molecule has 126 valence electrons. The second kappa shape index (κ2) is 7.90. The number of hydrogen-bond acceptors (Lipinski definition) is 5. The van der Waals surface area contributed by atoms with E-state index >= 15 is 0 Å². The molecule has 0 amide bonds. The molecule has 5 nitrogen and oxygen atoms in total. The van der Waals surface area contributed by atoms with E-state index in [0.717, 1.165) is 5.56 Å². The maximum absolute atomic E-state index is 12.2. The average Bonchev–Trinajstić information content (AvgIpc) is 2.55. The van der Waals surface area contributed by atoms with Crippen LogP contribution in [-0.2, 0) is 10.1 Å². The molecule has 0 heterocycles. The van der Waals surface area contributed by atoms with Gasteiger partial charge in [-0.05, 0) is 43.3 Å². The zero-order chi connectivity index (χ0) is 17.6. The van der Waals surface area contributed by atoms with Crippen molar-refractivity contribution in [3.05, 3.63) is 72.3 Å². The Morgan fingerprint density at radius 1 is 1.12 bits per heavy atom. The molecule has 24 heavy (non-hydrogen) atoms. The molecule has 0 bridgehead atoms. The molecule has 2 rings (SSSR count). The Labute approximate surface area is 142 Å². The van der Waals surface area contributed by atoms with Crippen molar-refractivity contribution in [2.75, 3.05) is 13.1 Å². The predicted molar refractivity (Wildman–Crippen MR) is 92.8 cm³/mol. The molecule has 0 aliphatic heterocycles. The monoisotopic (exact) mass is 345 g/mol. The predicted octanol–water partition coefficient (Wildman–Crippen LogP) is 2.72. The first-order valence-electron chi connectivity index (χ1n) is 7.38. The van der Waals surface area contributed by atoms with Crippen molar-refractivity contribution in [2.45, 2.75) is 11.8 Å². The number of Topliss-reactive ketones (excluding diaryl/α,β-unsaturated/α-hetero) is 1. The summed E-state index contributed by atoms with van der Waals surface area (Å²) in [5, 5.41) is 2.92. The van der Waals surface area contributed by atoms with Crippen molar-refractivity contribution < 1.29 is 17.4 Å². The Morgan fingerprint density at radius 2 is 1.75 bits per heavy atom. The molecule has 6 heteroatoms. The van der Waals surface area contributed by atoms with Crippen LogP contribution in [0, 0.1) is 6.92 Å². The van der Waals surface area contributed by atoms with Crippen LogP contribution in [0.4, 0.5) is 0 Å². The number of benzene rings is 2. The molecule has 0 radical (unpaired) electrons. The second-order valence-electron chi connectivity index (χ2n) is 5.22. The van der Waals surface area contributed by atoms with Gasteiger partial charge in [-0.2, -0.15) is 8.42 Å². The van der Waals surface area contributed by atoms with Gasteiger partial charge >= 0.3 is 10.1 Å². The molecule has 0 unspecified atom stereocenters. The number of rotatable bonds is 8. The largest absolute Gasteiger partial charge is 0.379 e. The van der Waals surface area contributed by atoms with E-state index < -0.39 is 10.1 Å². The van der Waals surface area contributed by atoms with Crippen LogP contribution in [0.5, 0.6) is 5.75 Å². The van der Waals surface area contributed by atoms with E-state index in [1.165, 1.54) is 36.4 Å². The number of ketones is 1. The van der Waals surface area contributed by atoms with Crippen molar-refractivity contribution in [3.63, 3.8) is 0 Å². The van der Waals surface area contributed by atoms with Gasteiger partial charge in [0.1, 0.15) is 10.6 Å². The highest BCUT2D eigenvalue weighted by Crippen LogP contribution is 2.19. The summed E-state index contributed by atoms with van der Waals surface area (Å²) in [6.45, 7) is 6.16. The molecule has 0 saturated carbocycles. The summed E-state index contributed by atoms with van der Waals surface area (Å²) in [5.74, 6) is 0.0657. The lowest BCUT2D eigenvalue weighted by Gasteiger charge is -2.08. The Balaban J connectivity index is 2.06. The lowest BCUT2D eigenvalue weighted by atomic mass is 10.1. The topological polar surface area (TPSA) is 72.5 Å². The molecule has 0 aliphatic rings. The lowest BCUT2D eigenvalue weighted by Crippen LogP contribution is -2.22. The Morgan fingerprint density at radius 3 is 2.33 bits per heavy atom. The fourth-order valence-electron chi connectivity index (χ4n) is 1.97. The normalized spacial score (nSPS) is 11.0. The minimum atomic E-state index is -3.89. The van der Waals surface area contributed by atoms with Gasteiger partial charge in [-0.3, -0.25) is 4.79 Å². The van der Waals surface area contributed by atoms with Gasteiger partial charge in [-0.25, -0.2) is 0 Å². The first kappa shape index (κ1) is 17.9. The van der Waals surface area contributed by atoms with Crippen molar-refractivity contribution >= 4 is 15.9 Å². The van der Waals surface area contributed by atoms with Gasteiger partial charge in [0.15, 0.2) is 5.78 Å². The highest BCUT2D eigenvalue weighted by Gasteiger charge is 2.16. The van der Waals surface area contributed by atoms with E-state index in [2.05, 4.69) is 11.9 Å². The number of nitrogens with one attached hydrogen (secondary N) is 1. The van der Waals surface area contributed by atoms with Crippen LogP contribution >= 0.6 is 0 Å². The average molecular weight is 345 g/mol. The number of carbonyl (C=O) groups excluding carboxylic acids is 1. The molecular weight excluding hydrogens is 326 g/mol. The fourth-order valence-corrected chi connectivity index (χ4v) is 2.90. The molecule has 0 aromatic heterocycles. The number of aryl methyl sites for hydroxylation is 1. The van der Waals surface area contributed by atoms with Gasteiger partial charge in [-0.1, -0.05) is 23.8 Å². The van der Waals surface area contributed by atoms with E-state index in [9.17, 15) is 13.2 Å². The van der Waals surface area contributed by atoms with Crippen LogP contribution in [0.15, 0.2) is 66.1 Å². The van der Waals surface area contributed by atoms with Crippen LogP contribution in [-0.4, -0.2) is 27.3 Å². The van der Waals surface area contributed by atoms with Crippen molar-refractivity contribution in [1.82, 2.24) is 5.32 Å². The zero-order valence-electron chi connectivity index (χ0n) is 13.4. The lowest BCUT2D eigenvalue weighted by molar-refractivity contribution is 0.0992. The van der Waals surface area contributed by atoms with E-state index in [0.29, 0.717) is 12.1 Å². The minimum Gasteiger partial charge on any atom is -0.379 e. The van der Waals surface area contributed by atoms with E-state index in [-0.39, 0.29) is 23.0 Å². The summed E-state index contributed by atoms with van der Waals surface area (Å²) in [6.07, 6.45) is 1.67. The zero-order valence-corrected chi connectivity index (χ0v) is 14.2. The van der Waals surface area contributed by atoms with Crippen LogP contribution in [0.25, 0.3) is 0 Å². The third-order valence-corrected chi connectivity index (χ3v) is 4.53. The van der Waals surface area contributed by atoms with Gasteiger partial charge in [0, 0.05) is 12.1 Å². The summed E-state index contributed by atoms with van der Waals surface area (Å²) in [4.78, 5) is 12.0. The summed E-state index contributed by atoms with van der Waals surface area (Å²) >= 11 is 0. The van der Waals surface area contributed by atoms with Crippen LogP contribution in [0.1, 0.15) is 15.9 Å². The summed E-state index contributed by atoms with van der Waals surface area (Å²) in [7, 11) is -3.89. The van der Waals surface area contributed by atoms with E-state index in [1.807, 2.05) is 6.92 Å². The second-order valence-corrected chi connectivity index (χ2v) is 6.76. The first-order valence-corrected chi connectivity index (χ1v) is 8.79. The van der Waals surface area contributed by atoms with Gasteiger partial charge in [-0.15, -0.1) is 6.58 Å². The summed E-state index contributed by atoms with van der Waals surface area (Å²) in [6, 6.07) is 12.4. The van der Waals surface area contributed by atoms with Crippen molar-refractivity contribution in [3.8, 4) is 5.75 Å². The van der Waals surface area contributed by atoms with Gasteiger partial charge in [0.2, 0.25) is 0 Å². The number of carbonyl (C=O) groups is 1. The Kier molecular flexibility index (Phi) is 5.89. The van der Waals surface area contributed by atoms with Crippen molar-refractivity contribution in [1.29, 1.82) is 0 Å². The van der Waals surface area contributed by atoms with Gasteiger partial charge in [0.25, 0.3) is 0 Å². The molecule has 0 spiro atoms. The van der Waals surface area contributed by atoms with Crippen LogP contribution in [0.2, 0.25) is 0 Å². The van der Waals surface area contributed by atoms with E-state index in [1.54, 1.807) is 18.2 Å². The molecule has 0 aliphatic carbocycles. The van der Waals surface area contributed by atoms with Crippen LogP contribution < -0.4 is 9.50 Å². The maximum Gasteiger partial charge on any atom is 0.339 e. The summed E-state index contributed by atoms with van der Waals surface area (Å²) < 4.78 is 29.5. The fraction of sp³-hybridized carbons (Fsp3) is 0.167. The van der Waals surface area contributed by atoms with Gasteiger partial charge in [0.05, 0.1) is 6.54 Å². The van der Waals surface area contributed by atoms with Gasteiger partial charge < -0.3 is 9.50 Å². The SMILES string of the molecule is C=CCNCC(=O)c1ccc(OS(=O)(=O)c2ccc(C)cc2)cc1. The molecule has 0 atom stereocenters. The molecular formula is C18H19NO4S. The van der Waals surface area contributed by atoms with Crippen LogP contribution in [0.3, 0.4) is 0 Å². The standard InChI is InChI=1S/C18H19NO4S/c1-3-12-19-13-18(20)15-6-8-16(9-7-15)23-24(21,22)17-10-4-14(2)5-11-17/h3-11,19H,1,12-13H2,2H3. The van der Waals surface area contributed by atoms with E-state index in [4.69, 9.17) is 4.18 Å². The number of hydrogen-bond donors (Lipinski definition) is 1. The molecule has 0 fully saturated rings. The molecule has 2 aromatic rings. The third-order valence-electron chi connectivity index (χ3n) is 3.27. The van der Waals surface area contributed by atoms with Crippen molar-refractivity contribution in [2.24, 2.45) is 0 Å². The molecule has 2 aromatic carbocycles. The molecule has 1 N–H and O–H groups in total. The Hall–Kier alpha value is -2.44. The third kappa shape index (κ3) is 4.78. The minimum absolute atomic E-state index is 0.0851. The first-order chi connectivity index (χ1) is 11.4. The highest BCUT2D eigenvalue weighted by atomic mass is 32.2. The summed E-state index contributed by atoms with van der Waals surface area (Å²) in [5.41, 5.74) is 1.44. The Bertz CT molecular complexity index is 809. The highest BCUT2D eigenvalue weighted by molar-refractivity contribution is 7.87. The maximum atomic E-state index is 12.2.